The van der Waals surface area contributed by atoms with E-state index < -0.39 is 17.2 Å². The Bertz CT molecular complexity index is 1480. The van der Waals surface area contributed by atoms with Gasteiger partial charge in [-0.3, -0.25) is 14.4 Å². The van der Waals surface area contributed by atoms with Crippen LogP contribution in [-0.4, -0.2) is 218 Å². The number of rotatable bonds is 12. The number of carboxylic acid groups (broad SMARTS) is 1. The summed E-state index contributed by atoms with van der Waals surface area (Å²) < 4.78 is 10.8. The fourth-order valence-electron chi connectivity index (χ4n) is 9.71. The molecule has 0 aliphatic carbocycles. The van der Waals surface area contributed by atoms with Crippen LogP contribution in [0.2, 0.25) is 0 Å². The Morgan fingerprint density at radius 2 is 0.857 bits per heavy atom. The third-order valence-corrected chi connectivity index (χ3v) is 14.1. The van der Waals surface area contributed by atoms with Gasteiger partial charge in [-0.1, -0.05) is 19.3 Å². The van der Waals surface area contributed by atoms with E-state index in [1.165, 1.54) is 70.9 Å². The molecule has 6 saturated heterocycles. The van der Waals surface area contributed by atoms with E-state index in [9.17, 15) is 24.0 Å². The molecule has 6 aliphatic rings. The summed E-state index contributed by atoms with van der Waals surface area (Å²) in [7, 11) is 5.63. The summed E-state index contributed by atoms with van der Waals surface area (Å²) in [6.07, 6.45) is 18.6. The largest absolute Gasteiger partial charge is 0.481 e. The number of amides is 4. The second kappa shape index (κ2) is 33.7. The van der Waals surface area contributed by atoms with Gasteiger partial charge in [0.05, 0.1) is 6.42 Å². The highest BCUT2D eigenvalue weighted by atomic mass is 35.5. The summed E-state index contributed by atoms with van der Waals surface area (Å²) in [4.78, 5) is 73.2. The van der Waals surface area contributed by atoms with Crippen molar-refractivity contribution in [2.24, 2.45) is 0 Å². The molecular weight excluding hydrogens is 914 g/mol. The molecule has 6 aliphatic heterocycles. The summed E-state index contributed by atoms with van der Waals surface area (Å²) in [5.74, 6) is -0.0744. The minimum atomic E-state index is -0.685. The molecule has 0 aromatic rings. The lowest BCUT2D eigenvalue weighted by Crippen LogP contribution is -2.48. The minimum absolute atomic E-state index is 0. The molecule has 0 saturated carbocycles. The number of nitrogens with zero attached hydrogens (tertiary/aromatic N) is 7. The molecule has 70 heavy (non-hydrogen) atoms. The molecule has 0 bridgehead atoms. The van der Waals surface area contributed by atoms with E-state index in [-0.39, 0.29) is 36.5 Å². The second-order valence-corrected chi connectivity index (χ2v) is 22.1. The predicted molar refractivity (Wildman–Crippen MR) is 282 cm³/mol. The van der Waals surface area contributed by atoms with Gasteiger partial charge in [0.2, 0.25) is 11.8 Å². The van der Waals surface area contributed by atoms with Crippen molar-refractivity contribution >= 4 is 42.4 Å². The number of carbonyl (C=O) groups is 5. The molecule has 0 aromatic carbocycles. The molecule has 0 aromatic heterocycles. The van der Waals surface area contributed by atoms with Gasteiger partial charge < -0.3 is 59.5 Å². The summed E-state index contributed by atoms with van der Waals surface area (Å²) >= 11 is 0. The Morgan fingerprint density at radius 3 is 1.19 bits per heavy atom. The van der Waals surface area contributed by atoms with E-state index in [0.29, 0.717) is 37.3 Å². The van der Waals surface area contributed by atoms with E-state index in [0.717, 1.165) is 124 Å². The molecular formula is C52H100ClN9O8. The molecule has 6 rings (SSSR count). The topological polar surface area (TPSA) is 171 Å². The minimum Gasteiger partial charge on any atom is -0.481 e. The first-order chi connectivity index (χ1) is 32.7. The molecule has 17 nitrogen and oxygen atoms in total. The Labute approximate surface area is 430 Å². The quantitative estimate of drug-likeness (QED) is 0.188. The predicted octanol–water partition coefficient (Wildman–Crippen LogP) is 6.77. The first-order valence-corrected chi connectivity index (χ1v) is 27.0. The molecule has 408 valence electrons. The highest BCUT2D eigenvalue weighted by molar-refractivity contribution is 5.85. The first-order valence-electron chi connectivity index (χ1n) is 27.0. The number of likely N-dealkylation sites (tertiary alicyclic amines) is 5. The number of nitrogens with one attached hydrogen (secondary N) is 2. The number of hydrogen-bond donors (Lipinski definition) is 3. The molecule has 6 fully saturated rings. The Kier molecular flexibility index (Phi) is 30.4. The fraction of sp³-hybridized carbons (Fsp3) is 0.904. The van der Waals surface area contributed by atoms with Crippen LogP contribution in [0.3, 0.4) is 0 Å². The standard InChI is InChI=1S/C19H35N3O3.C14H27N3O.C11H22N2O2.C8H15NO2.ClH/c1-19(2,3)25-18(24)20(4)16-8-14-22(15-9-16)17(23)10-13-21-11-6-5-7-12-21;1-15-13-5-11-17(12-6-13)14(18)7-10-16-8-3-2-4-9-16;1-11(2,3)15-10(14)13(4)9-5-7-12-8-6-9;10-8(11)4-7-9-5-2-1-3-6-9;/h16H,5-15H2,1-4H3;13,15H,2-12H2,1H3;9,12H,5-8H2,1-4H3;1-7H2,(H,10,11);1H. The number of ether oxygens (including phenoxy) is 2. The van der Waals surface area contributed by atoms with E-state index in [1.54, 1.807) is 16.8 Å². The maximum atomic E-state index is 12.4. The summed E-state index contributed by atoms with van der Waals surface area (Å²) in [5, 5.41) is 15.0. The Morgan fingerprint density at radius 1 is 0.529 bits per heavy atom. The molecule has 18 heteroatoms. The number of carboxylic acids is 1. The maximum Gasteiger partial charge on any atom is 0.410 e. The Balaban J connectivity index is 0.000000332. The molecule has 0 spiro atoms. The van der Waals surface area contributed by atoms with Crippen molar-refractivity contribution in [3.8, 4) is 0 Å². The van der Waals surface area contributed by atoms with Gasteiger partial charge in [-0.05, 0) is 178 Å². The zero-order valence-electron chi connectivity index (χ0n) is 45.4. The molecule has 0 unspecified atom stereocenters. The van der Waals surface area contributed by atoms with Gasteiger partial charge in [-0.15, -0.1) is 12.4 Å². The number of hydrogen-bond acceptors (Lipinski definition) is 12. The van der Waals surface area contributed by atoms with Gasteiger partial charge in [0.15, 0.2) is 0 Å². The van der Waals surface area contributed by atoms with Crippen molar-refractivity contribution in [2.75, 3.05) is 119 Å². The van der Waals surface area contributed by atoms with Gasteiger partial charge in [0, 0.05) is 90.9 Å². The van der Waals surface area contributed by atoms with Crippen LogP contribution in [0.4, 0.5) is 9.59 Å². The van der Waals surface area contributed by atoms with Crippen LogP contribution in [0.5, 0.6) is 0 Å². The highest BCUT2D eigenvalue weighted by Gasteiger charge is 2.31. The van der Waals surface area contributed by atoms with E-state index >= 15 is 0 Å². The van der Waals surface area contributed by atoms with Crippen LogP contribution < -0.4 is 10.6 Å². The summed E-state index contributed by atoms with van der Waals surface area (Å²) in [6.45, 7) is 26.0. The lowest BCUT2D eigenvalue weighted by molar-refractivity contribution is -0.137. The second-order valence-electron chi connectivity index (χ2n) is 22.1. The average molecular weight is 1010 g/mol. The molecule has 0 atom stereocenters. The number of aliphatic carboxylic acids is 1. The Hall–Kier alpha value is -2.96. The molecule has 0 radical (unpaired) electrons. The van der Waals surface area contributed by atoms with Gasteiger partial charge in [-0.25, -0.2) is 9.59 Å². The maximum absolute atomic E-state index is 12.4. The normalized spacial score (nSPS) is 20.4. The van der Waals surface area contributed by atoms with Crippen molar-refractivity contribution in [2.45, 2.75) is 186 Å². The van der Waals surface area contributed by atoms with Crippen LogP contribution in [0, 0.1) is 0 Å². The van der Waals surface area contributed by atoms with Gasteiger partial charge in [-0.2, -0.15) is 0 Å². The molecule has 4 amide bonds. The van der Waals surface area contributed by atoms with Crippen LogP contribution >= 0.6 is 12.4 Å². The highest BCUT2D eigenvalue weighted by Crippen LogP contribution is 2.20. The lowest BCUT2D eigenvalue weighted by atomic mass is 10.0. The van der Waals surface area contributed by atoms with Gasteiger partial charge in [0.1, 0.15) is 11.2 Å². The van der Waals surface area contributed by atoms with Crippen LogP contribution in [0.1, 0.15) is 157 Å². The van der Waals surface area contributed by atoms with Crippen molar-refractivity contribution in [1.29, 1.82) is 0 Å². The van der Waals surface area contributed by atoms with Crippen molar-refractivity contribution < 1.29 is 38.6 Å². The van der Waals surface area contributed by atoms with E-state index in [1.807, 2.05) is 60.5 Å². The zero-order valence-corrected chi connectivity index (χ0v) is 46.2. The fourth-order valence-corrected chi connectivity index (χ4v) is 9.71. The van der Waals surface area contributed by atoms with E-state index in [4.69, 9.17) is 14.6 Å². The van der Waals surface area contributed by atoms with Crippen molar-refractivity contribution in [1.82, 2.24) is 44.9 Å². The monoisotopic (exact) mass is 1010 g/mol. The van der Waals surface area contributed by atoms with Gasteiger partial charge in [0.25, 0.3) is 0 Å². The smallest absolute Gasteiger partial charge is 0.410 e. The summed E-state index contributed by atoms with van der Waals surface area (Å²) in [5.41, 5.74) is -0.880. The first kappa shape index (κ1) is 63.2. The lowest BCUT2D eigenvalue weighted by Gasteiger charge is -2.37. The average Bonchev–Trinajstić information content (AvgIpc) is 3.34. The SMILES string of the molecule is CN(C(=O)OC(C)(C)C)C1CCN(C(=O)CCN2CCCCC2)CC1.CN(C(=O)OC(C)(C)C)C1CCNCC1.CNC1CCN(C(=O)CCN2CCCCC2)CC1.Cl.O=C(O)CCN1CCCCC1. The number of carbonyl (C=O) groups excluding carboxylic acids is 4. The van der Waals surface area contributed by atoms with Crippen molar-refractivity contribution in [3.05, 3.63) is 0 Å². The third-order valence-electron chi connectivity index (χ3n) is 14.1. The summed E-state index contributed by atoms with van der Waals surface area (Å²) in [6, 6.07) is 1.08. The molecule has 6 heterocycles. The zero-order chi connectivity index (χ0) is 50.8. The number of piperidine rings is 6. The third kappa shape index (κ3) is 26.7. The van der Waals surface area contributed by atoms with Crippen LogP contribution in [0.25, 0.3) is 0 Å². The van der Waals surface area contributed by atoms with E-state index in [2.05, 4.69) is 30.2 Å². The molecule has 3 N–H and O–H groups in total. The van der Waals surface area contributed by atoms with Gasteiger partial charge >= 0.3 is 18.2 Å². The van der Waals surface area contributed by atoms with Crippen molar-refractivity contribution in [3.63, 3.8) is 0 Å². The van der Waals surface area contributed by atoms with Crippen LogP contribution in [0.15, 0.2) is 0 Å². The van der Waals surface area contributed by atoms with Crippen LogP contribution in [-0.2, 0) is 23.9 Å². The number of halogens is 1.